The van der Waals surface area contributed by atoms with E-state index in [1.807, 2.05) is 0 Å². The van der Waals surface area contributed by atoms with E-state index in [0.29, 0.717) is 5.92 Å². The zero-order chi connectivity index (χ0) is 9.97. The molecule has 1 aliphatic rings. The molecule has 0 aliphatic carbocycles. The number of rotatable bonds is 3. The highest BCUT2D eigenvalue weighted by Crippen LogP contribution is 2.29. The molecule has 2 heteroatoms. The lowest BCUT2D eigenvalue weighted by molar-refractivity contribution is 0.0288. The lowest BCUT2D eigenvalue weighted by Gasteiger charge is -2.34. The first kappa shape index (κ1) is 9.69. The molecule has 1 fully saturated rings. The van der Waals surface area contributed by atoms with Crippen LogP contribution in [0.15, 0.2) is 24.3 Å². The summed E-state index contributed by atoms with van der Waals surface area (Å²) in [4.78, 5) is 0. The van der Waals surface area contributed by atoms with E-state index in [0.717, 1.165) is 13.1 Å². The Kier molecular flexibility index (Phi) is 2.85. The van der Waals surface area contributed by atoms with Crippen LogP contribution in [0.25, 0.3) is 0 Å². The van der Waals surface area contributed by atoms with Gasteiger partial charge in [0, 0.05) is 26.1 Å². The predicted octanol–water partition coefficient (Wildman–Crippen LogP) is 1.90. The molecule has 0 spiro atoms. The highest BCUT2D eigenvalue weighted by molar-refractivity contribution is 5.28. The number of hydrogen-bond donors (Lipinski definition) is 1. The molecular weight excluding hydrogens is 174 g/mol. The summed E-state index contributed by atoms with van der Waals surface area (Å²) < 4.78 is 5.58. The molecule has 0 bridgehead atoms. The fraction of sp³-hybridized carbons (Fsp3) is 0.500. The standard InChI is InChI=1S/C12H17NO/c1-9-5-3-4-6-11(9)12(14-2)10-7-13-8-10/h3-6,10,12-13H,7-8H2,1-2H3/t12-/m0/s1. The predicted molar refractivity (Wildman–Crippen MR) is 57.3 cm³/mol. The van der Waals surface area contributed by atoms with Crippen molar-refractivity contribution < 1.29 is 4.74 Å². The molecule has 2 rings (SSSR count). The molecule has 14 heavy (non-hydrogen) atoms. The first-order chi connectivity index (χ1) is 6.83. The largest absolute Gasteiger partial charge is 0.376 e. The monoisotopic (exact) mass is 191 g/mol. The summed E-state index contributed by atoms with van der Waals surface area (Å²) in [6.45, 7) is 4.30. The van der Waals surface area contributed by atoms with E-state index in [1.54, 1.807) is 7.11 Å². The number of aryl methyl sites for hydroxylation is 1. The van der Waals surface area contributed by atoms with Crippen LogP contribution in [0.3, 0.4) is 0 Å². The molecule has 1 aliphatic heterocycles. The van der Waals surface area contributed by atoms with Crippen LogP contribution in [0.1, 0.15) is 17.2 Å². The molecule has 1 N–H and O–H groups in total. The van der Waals surface area contributed by atoms with E-state index in [1.165, 1.54) is 11.1 Å². The lowest BCUT2D eigenvalue weighted by atomic mass is 9.89. The quantitative estimate of drug-likeness (QED) is 0.788. The van der Waals surface area contributed by atoms with Gasteiger partial charge in [0.15, 0.2) is 0 Å². The molecule has 0 saturated carbocycles. The zero-order valence-electron chi connectivity index (χ0n) is 8.79. The maximum atomic E-state index is 5.58. The number of methoxy groups -OCH3 is 1. The van der Waals surface area contributed by atoms with Gasteiger partial charge in [-0.15, -0.1) is 0 Å². The Morgan fingerprint density at radius 2 is 2.07 bits per heavy atom. The Hall–Kier alpha value is -0.860. The SMILES string of the molecule is CO[C@H](c1ccccc1C)C1CNC1. The Bertz CT molecular complexity index is 307. The first-order valence-electron chi connectivity index (χ1n) is 5.12. The summed E-state index contributed by atoms with van der Waals surface area (Å²) in [5, 5.41) is 3.29. The topological polar surface area (TPSA) is 21.3 Å². The van der Waals surface area contributed by atoms with E-state index < -0.39 is 0 Å². The summed E-state index contributed by atoms with van der Waals surface area (Å²) in [5.74, 6) is 0.640. The van der Waals surface area contributed by atoms with Crippen molar-refractivity contribution in [3.63, 3.8) is 0 Å². The minimum absolute atomic E-state index is 0.262. The van der Waals surface area contributed by atoms with Crippen LogP contribution in [0.2, 0.25) is 0 Å². The van der Waals surface area contributed by atoms with Gasteiger partial charge in [-0.05, 0) is 18.1 Å². The third kappa shape index (κ3) is 1.68. The van der Waals surface area contributed by atoms with E-state index >= 15 is 0 Å². The van der Waals surface area contributed by atoms with Crippen LogP contribution in [0.5, 0.6) is 0 Å². The van der Waals surface area contributed by atoms with Crippen molar-refractivity contribution in [2.45, 2.75) is 13.0 Å². The third-order valence-corrected chi connectivity index (χ3v) is 2.99. The maximum absolute atomic E-state index is 5.58. The van der Waals surface area contributed by atoms with Crippen molar-refractivity contribution in [1.82, 2.24) is 5.32 Å². The second kappa shape index (κ2) is 4.11. The molecule has 0 radical (unpaired) electrons. The molecule has 1 aromatic carbocycles. The summed E-state index contributed by atoms with van der Waals surface area (Å²) in [6.07, 6.45) is 0.262. The summed E-state index contributed by atoms with van der Waals surface area (Å²) in [5.41, 5.74) is 2.66. The Morgan fingerprint density at radius 3 is 2.57 bits per heavy atom. The van der Waals surface area contributed by atoms with E-state index in [4.69, 9.17) is 4.74 Å². The number of hydrogen-bond acceptors (Lipinski definition) is 2. The number of ether oxygens (including phenoxy) is 1. The Labute approximate surface area is 85.3 Å². The van der Waals surface area contributed by atoms with Crippen molar-refractivity contribution in [1.29, 1.82) is 0 Å². The average Bonchev–Trinajstić information content (AvgIpc) is 2.12. The second-order valence-electron chi connectivity index (χ2n) is 3.93. The van der Waals surface area contributed by atoms with Gasteiger partial charge in [0.25, 0.3) is 0 Å². The average molecular weight is 191 g/mol. The highest BCUT2D eigenvalue weighted by Gasteiger charge is 2.28. The van der Waals surface area contributed by atoms with Gasteiger partial charge in [-0.3, -0.25) is 0 Å². The minimum Gasteiger partial charge on any atom is -0.376 e. The maximum Gasteiger partial charge on any atom is 0.0876 e. The number of benzene rings is 1. The molecule has 2 nitrogen and oxygen atoms in total. The number of nitrogens with one attached hydrogen (secondary N) is 1. The van der Waals surface area contributed by atoms with Crippen LogP contribution in [-0.4, -0.2) is 20.2 Å². The smallest absolute Gasteiger partial charge is 0.0876 e. The molecule has 1 saturated heterocycles. The molecule has 1 aromatic rings. The van der Waals surface area contributed by atoms with Gasteiger partial charge in [0.2, 0.25) is 0 Å². The van der Waals surface area contributed by atoms with Crippen molar-refractivity contribution in [2.75, 3.05) is 20.2 Å². The van der Waals surface area contributed by atoms with Gasteiger partial charge in [-0.1, -0.05) is 24.3 Å². The minimum atomic E-state index is 0.262. The van der Waals surface area contributed by atoms with Crippen LogP contribution in [0, 0.1) is 12.8 Å². The van der Waals surface area contributed by atoms with Crippen LogP contribution in [-0.2, 0) is 4.74 Å². The molecule has 0 amide bonds. The summed E-state index contributed by atoms with van der Waals surface area (Å²) >= 11 is 0. The van der Waals surface area contributed by atoms with Crippen molar-refractivity contribution >= 4 is 0 Å². The summed E-state index contributed by atoms with van der Waals surface area (Å²) in [7, 11) is 1.80. The first-order valence-corrected chi connectivity index (χ1v) is 5.12. The van der Waals surface area contributed by atoms with Gasteiger partial charge in [-0.2, -0.15) is 0 Å². The second-order valence-corrected chi connectivity index (χ2v) is 3.93. The highest BCUT2D eigenvalue weighted by atomic mass is 16.5. The zero-order valence-corrected chi connectivity index (χ0v) is 8.79. The molecule has 1 atom stereocenters. The third-order valence-electron chi connectivity index (χ3n) is 2.99. The molecule has 1 heterocycles. The van der Waals surface area contributed by atoms with Crippen molar-refractivity contribution in [3.05, 3.63) is 35.4 Å². The molecule has 0 aromatic heterocycles. The van der Waals surface area contributed by atoms with E-state index in [-0.39, 0.29) is 6.10 Å². The van der Waals surface area contributed by atoms with Gasteiger partial charge < -0.3 is 10.1 Å². The van der Waals surface area contributed by atoms with E-state index in [9.17, 15) is 0 Å². The molecule has 0 unspecified atom stereocenters. The van der Waals surface area contributed by atoms with Gasteiger partial charge in [0.05, 0.1) is 6.10 Å². The fourth-order valence-electron chi connectivity index (χ4n) is 2.00. The van der Waals surface area contributed by atoms with Crippen molar-refractivity contribution in [3.8, 4) is 0 Å². The van der Waals surface area contributed by atoms with Crippen LogP contribution in [0.4, 0.5) is 0 Å². The molecular formula is C12H17NO. The Morgan fingerprint density at radius 1 is 1.36 bits per heavy atom. The summed E-state index contributed by atoms with van der Waals surface area (Å²) in [6, 6.07) is 8.47. The van der Waals surface area contributed by atoms with E-state index in [2.05, 4.69) is 36.5 Å². The van der Waals surface area contributed by atoms with Crippen LogP contribution >= 0.6 is 0 Å². The van der Waals surface area contributed by atoms with Gasteiger partial charge in [0.1, 0.15) is 0 Å². The van der Waals surface area contributed by atoms with Crippen molar-refractivity contribution in [2.24, 2.45) is 5.92 Å². The lowest BCUT2D eigenvalue weighted by Crippen LogP contribution is -2.45. The van der Waals surface area contributed by atoms with Crippen LogP contribution < -0.4 is 5.32 Å². The Balaban J connectivity index is 2.22. The normalized spacial score (nSPS) is 19.0. The molecule has 76 valence electrons. The van der Waals surface area contributed by atoms with Gasteiger partial charge >= 0.3 is 0 Å². The fourth-order valence-corrected chi connectivity index (χ4v) is 2.00. The van der Waals surface area contributed by atoms with Gasteiger partial charge in [-0.25, -0.2) is 0 Å².